The number of rotatable bonds is 5. The molecule has 0 atom stereocenters. The Labute approximate surface area is 102 Å². The SMILES string of the molecule is CCNCCN(C)c1nccc2ccccc12. The lowest BCUT2D eigenvalue weighted by atomic mass is 10.1. The van der Waals surface area contributed by atoms with Gasteiger partial charge in [-0.3, -0.25) is 0 Å². The van der Waals surface area contributed by atoms with Gasteiger partial charge in [-0.05, 0) is 18.0 Å². The van der Waals surface area contributed by atoms with Crippen LogP contribution in [-0.2, 0) is 0 Å². The molecule has 0 aliphatic carbocycles. The van der Waals surface area contributed by atoms with Crippen LogP contribution < -0.4 is 10.2 Å². The summed E-state index contributed by atoms with van der Waals surface area (Å²) in [7, 11) is 2.09. The molecule has 0 unspecified atom stereocenters. The number of benzene rings is 1. The fourth-order valence-electron chi connectivity index (χ4n) is 1.94. The average Bonchev–Trinajstić information content (AvgIpc) is 2.38. The molecule has 0 saturated carbocycles. The number of fused-ring (bicyclic) bond motifs is 1. The molecule has 0 spiro atoms. The Morgan fingerprint density at radius 1 is 1.24 bits per heavy atom. The van der Waals surface area contributed by atoms with Crippen LogP contribution in [0.3, 0.4) is 0 Å². The van der Waals surface area contributed by atoms with Crippen molar-refractivity contribution in [3.05, 3.63) is 36.5 Å². The minimum Gasteiger partial charge on any atom is -0.358 e. The van der Waals surface area contributed by atoms with Gasteiger partial charge in [0.1, 0.15) is 5.82 Å². The normalized spacial score (nSPS) is 10.7. The Morgan fingerprint density at radius 3 is 2.88 bits per heavy atom. The van der Waals surface area contributed by atoms with Crippen LogP contribution in [0.25, 0.3) is 10.8 Å². The van der Waals surface area contributed by atoms with Gasteiger partial charge in [-0.15, -0.1) is 0 Å². The average molecular weight is 229 g/mol. The molecule has 2 aromatic rings. The maximum Gasteiger partial charge on any atom is 0.136 e. The maximum absolute atomic E-state index is 4.48. The molecule has 90 valence electrons. The Morgan fingerprint density at radius 2 is 2.06 bits per heavy atom. The number of anilines is 1. The van der Waals surface area contributed by atoms with Crippen molar-refractivity contribution in [1.29, 1.82) is 0 Å². The van der Waals surface area contributed by atoms with Crippen molar-refractivity contribution in [3.8, 4) is 0 Å². The molecule has 1 N–H and O–H groups in total. The highest BCUT2D eigenvalue weighted by molar-refractivity contribution is 5.91. The summed E-state index contributed by atoms with van der Waals surface area (Å²) in [5.74, 6) is 1.06. The van der Waals surface area contributed by atoms with Crippen LogP contribution in [0.15, 0.2) is 36.5 Å². The number of nitrogens with one attached hydrogen (secondary N) is 1. The van der Waals surface area contributed by atoms with E-state index in [1.807, 2.05) is 6.20 Å². The van der Waals surface area contributed by atoms with Gasteiger partial charge in [-0.25, -0.2) is 4.98 Å². The van der Waals surface area contributed by atoms with Gasteiger partial charge in [0.15, 0.2) is 0 Å². The number of aromatic nitrogens is 1. The predicted octanol–water partition coefficient (Wildman–Crippen LogP) is 2.28. The summed E-state index contributed by atoms with van der Waals surface area (Å²) in [4.78, 5) is 6.68. The van der Waals surface area contributed by atoms with E-state index >= 15 is 0 Å². The predicted molar refractivity (Wildman–Crippen MR) is 73.6 cm³/mol. The van der Waals surface area contributed by atoms with Crippen molar-refractivity contribution in [2.45, 2.75) is 6.92 Å². The number of hydrogen-bond acceptors (Lipinski definition) is 3. The van der Waals surface area contributed by atoms with Crippen molar-refractivity contribution in [3.63, 3.8) is 0 Å². The molecule has 0 bridgehead atoms. The van der Waals surface area contributed by atoms with Gasteiger partial charge in [0.25, 0.3) is 0 Å². The zero-order chi connectivity index (χ0) is 12.1. The van der Waals surface area contributed by atoms with E-state index in [2.05, 4.69) is 59.5 Å². The van der Waals surface area contributed by atoms with E-state index in [0.29, 0.717) is 0 Å². The Bertz CT molecular complexity index is 476. The highest BCUT2D eigenvalue weighted by Gasteiger charge is 2.06. The van der Waals surface area contributed by atoms with Crippen LogP contribution in [0, 0.1) is 0 Å². The fraction of sp³-hybridized carbons (Fsp3) is 0.357. The number of pyridine rings is 1. The second-order valence-corrected chi connectivity index (χ2v) is 4.13. The maximum atomic E-state index is 4.48. The molecule has 0 saturated heterocycles. The largest absolute Gasteiger partial charge is 0.358 e. The zero-order valence-corrected chi connectivity index (χ0v) is 10.5. The van der Waals surface area contributed by atoms with Gasteiger partial charge < -0.3 is 10.2 Å². The van der Waals surface area contributed by atoms with Crippen LogP contribution in [0.2, 0.25) is 0 Å². The molecule has 1 aromatic heterocycles. The quantitative estimate of drug-likeness (QED) is 0.797. The highest BCUT2D eigenvalue weighted by Crippen LogP contribution is 2.22. The number of nitrogens with zero attached hydrogens (tertiary/aromatic N) is 2. The van der Waals surface area contributed by atoms with E-state index in [1.165, 1.54) is 10.8 Å². The van der Waals surface area contributed by atoms with E-state index in [1.54, 1.807) is 0 Å². The third-order valence-electron chi connectivity index (χ3n) is 2.89. The molecule has 3 heteroatoms. The first-order chi connectivity index (χ1) is 8.33. The summed E-state index contributed by atoms with van der Waals surface area (Å²) < 4.78 is 0. The second-order valence-electron chi connectivity index (χ2n) is 4.13. The van der Waals surface area contributed by atoms with Crippen molar-refractivity contribution < 1.29 is 0 Å². The molecule has 0 radical (unpaired) electrons. The number of likely N-dealkylation sites (N-methyl/N-ethyl adjacent to an activating group) is 2. The van der Waals surface area contributed by atoms with Crippen LogP contribution in [0.1, 0.15) is 6.92 Å². The smallest absolute Gasteiger partial charge is 0.136 e. The lowest BCUT2D eigenvalue weighted by Crippen LogP contribution is -2.29. The highest BCUT2D eigenvalue weighted by atomic mass is 15.2. The molecule has 3 nitrogen and oxygen atoms in total. The summed E-state index contributed by atoms with van der Waals surface area (Å²) >= 11 is 0. The lowest BCUT2D eigenvalue weighted by molar-refractivity contribution is 0.704. The van der Waals surface area contributed by atoms with Crippen LogP contribution >= 0.6 is 0 Å². The number of hydrogen-bond donors (Lipinski definition) is 1. The molecule has 2 rings (SSSR count). The Hall–Kier alpha value is -1.61. The summed E-state index contributed by atoms with van der Waals surface area (Å²) in [6, 6.07) is 10.4. The minimum absolute atomic E-state index is 0.967. The fourth-order valence-corrected chi connectivity index (χ4v) is 1.94. The van der Waals surface area contributed by atoms with Crippen molar-refractivity contribution in [2.24, 2.45) is 0 Å². The van der Waals surface area contributed by atoms with Crippen LogP contribution in [0.5, 0.6) is 0 Å². The van der Waals surface area contributed by atoms with Gasteiger partial charge in [0.05, 0.1) is 0 Å². The van der Waals surface area contributed by atoms with Gasteiger partial charge in [0.2, 0.25) is 0 Å². The first-order valence-corrected chi connectivity index (χ1v) is 6.08. The molecule has 17 heavy (non-hydrogen) atoms. The van der Waals surface area contributed by atoms with Crippen LogP contribution in [-0.4, -0.2) is 31.7 Å². The second kappa shape index (κ2) is 5.64. The van der Waals surface area contributed by atoms with E-state index in [9.17, 15) is 0 Å². The molecule has 0 aliphatic heterocycles. The molecule has 1 aromatic carbocycles. The molecule has 1 heterocycles. The van der Waals surface area contributed by atoms with Crippen molar-refractivity contribution in [2.75, 3.05) is 31.6 Å². The van der Waals surface area contributed by atoms with E-state index in [4.69, 9.17) is 0 Å². The van der Waals surface area contributed by atoms with Crippen LogP contribution in [0.4, 0.5) is 5.82 Å². The summed E-state index contributed by atoms with van der Waals surface area (Å²) in [5.41, 5.74) is 0. The third kappa shape index (κ3) is 2.74. The monoisotopic (exact) mass is 229 g/mol. The summed E-state index contributed by atoms with van der Waals surface area (Å²) in [6.45, 7) is 5.08. The minimum atomic E-state index is 0.967. The molecular weight excluding hydrogens is 210 g/mol. The summed E-state index contributed by atoms with van der Waals surface area (Å²) in [6.07, 6.45) is 1.88. The van der Waals surface area contributed by atoms with Crippen molar-refractivity contribution >= 4 is 16.6 Å². The molecule has 0 amide bonds. The van der Waals surface area contributed by atoms with Gasteiger partial charge in [-0.2, -0.15) is 0 Å². The third-order valence-corrected chi connectivity index (χ3v) is 2.89. The Balaban J connectivity index is 2.22. The zero-order valence-electron chi connectivity index (χ0n) is 10.5. The van der Waals surface area contributed by atoms with Gasteiger partial charge >= 0.3 is 0 Å². The topological polar surface area (TPSA) is 28.2 Å². The van der Waals surface area contributed by atoms with Gasteiger partial charge in [0, 0.05) is 31.7 Å². The first kappa shape index (κ1) is 11.9. The first-order valence-electron chi connectivity index (χ1n) is 6.08. The lowest BCUT2D eigenvalue weighted by Gasteiger charge is -2.19. The summed E-state index contributed by atoms with van der Waals surface area (Å²) in [5, 5.41) is 5.79. The van der Waals surface area contributed by atoms with E-state index < -0.39 is 0 Å². The van der Waals surface area contributed by atoms with E-state index in [0.717, 1.165) is 25.5 Å². The van der Waals surface area contributed by atoms with Gasteiger partial charge in [-0.1, -0.05) is 31.2 Å². The standard InChI is InChI=1S/C14H19N3/c1-3-15-10-11-17(2)14-13-7-5-4-6-12(13)8-9-16-14/h4-9,15H,3,10-11H2,1-2H3. The van der Waals surface area contributed by atoms with Crippen molar-refractivity contribution in [1.82, 2.24) is 10.3 Å². The molecular formula is C14H19N3. The molecule has 0 aliphatic rings. The van der Waals surface area contributed by atoms with E-state index in [-0.39, 0.29) is 0 Å². The Kier molecular flexibility index (Phi) is 3.94. The molecule has 0 fully saturated rings.